The summed E-state index contributed by atoms with van der Waals surface area (Å²) >= 11 is 0. The van der Waals surface area contributed by atoms with Crippen LogP contribution >= 0.6 is 12.4 Å². The second-order valence-electron chi connectivity index (χ2n) is 4.98. The first-order chi connectivity index (χ1) is 10.2. The van der Waals surface area contributed by atoms with Crippen molar-refractivity contribution < 1.29 is 27.8 Å². The van der Waals surface area contributed by atoms with Gasteiger partial charge in [-0.15, -0.1) is 25.6 Å². The van der Waals surface area contributed by atoms with E-state index >= 15 is 0 Å². The van der Waals surface area contributed by atoms with Crippen LogP contribution in [-0.4, -0.2) is 36.6 Å². The Morgan fingerprint density at radius 3 is 2.35 bits per heavy atom. The molecule has 0 radical (unpaired) electrons. The number of carbonyl (C=O) groups excluding carboxylic acids is 1. The largest absolute Gasteiger partial charge is 0.573 e. The maximum atomic E-state index is 12.0. The van der Waals surface area contributed by atoms with Crippen molar-refractivity contribution in [3.8, 4) is 5.75 Å². The highest BCUT2D eigenvalue weighted by Crippen LogP contribution is 2.23. The van der Waals surface area contributed by atoms with Gasteiger partial charge < -0.3 is 20.9 Å². The summed E-state index contributed by atoms with van der Waals surface area (Å²) in [5.41, 5.74) is 6.13. The zero-order valence-corrected chi connectivity index (χ0v) is 13.3. The molecule has 2 atom stereocenters. The van der Waals surface area contributed by atoms with Gasteiger partial charge in [0.05, 0.1) is 6.04 Å². The molecule has 0 fully saturated rings. The second kappa shape index (κ2) is 9.59. The standard InChI is InChI=1S/C14H19F3N2O3.ClH/c1-9(18)13(21)19-7-11(8-20)6-10-2-4-12(5-3-10)22-14(15,16)17;/h2-5,9,11,20H,6-8,18H2,1H3,(H,19,21);1H. The minimum absolute atomic E-state index is 0. The molecule has 1 aromatic carbocycles. The van der Waals surface area contributed by atoms with Gasteiger partial charge in [-0.1, -0.05) is 12.1 Å². The fourth-order valence-corrected chi connectivity index (χ4v) is 1.77. The molecule has 0 saturated carbocycles. The Morgan fingerprint density at radius 1 is 1.35 bits per heavy atom. The van der Waals surface area contributed by atoms with Crippen LogP contribution in [0, 0.1) is 5.92 Å². The van der Waals surface area contributed by atoms with E-state index in [0.29, 0.717) is 6.42 Å². The predicted molar refractivity (Wildman–Crippen MR) is 81.3 cm³/mol. The second-order valence-corrected chi connectivity index (χ2v) is 4.98. The summed E-state index contributed by atoms with van der Waals surface area (Å²) in [4.78, 5) is 11.4. The van der Waals surface area contributed by atoms with Gasteiger partial charge in [-0.05, 0) is 31.0 Å². The van der Waals surface area contributed by atoms with Gasteiger partial charge in [0.1, 0.15) is 5.75 Å². The van der Waals surface area contributed by atoms with E-state index in [0.717, 1.165) is 5.56 Å². The molecule has 0 aromatic heterocycles. The zero-order valence-electron chi connectivity index (χ0n) is 12.5. The van der Waals surface area contributed by atoms with Gasteiger partial charge in [0.25, 0.3) is 0 Å². The average Bonchev–Trinajstić information content (AvgIpc) is 2.43. The van der Waals surface area contributed by atoms with E-state index in [9.17, 15) is 23.1 Å². The number of aliphatic hydroxyl groups is 1. The lowest BCUT2D eigenvalue weighted by Gasteiger charge is -2.16. The maximum Gasteiger partial charge on any atom is 0.573 e. The molecule has 23 heavy (non-hydrogen) atoms. The molecular weight excluding hydrogens is 337 g/mol. The number of ether oxygens (including phenoxy) is 1. The highest BCUT2D eigenvalue weighted by Gasteiger charge is 2.30. The average molecular weight is 357 g/mol. The highest BCUT2D eigenvalue weighted by atomic mass is 35.5. The van der Waals surface area contributed by atoms with E-state index in [-0.39, 0.29) is 43.1 Å². The highest BCUT2D eigenvalue weighted by molar-refractivity contribution is 5.85. The van der Waals surface area contributed by atoms with Gasteiger partial charge in [-0.25, -0.2) is 0 Å². The van der Waals surface area contributed by atoms with Crippen LogP contribution in [0.2, 0.25) is 0 Å². The van der Waals surface area contributed by atoms with Gasteiger partial charge in [0, 0.05) is 19.1 Å². The third-order valence-electron chi connectivity index (χ3n) is 2.92. The Hall–Kier alpha value is -1.51. The molecule has 0 aliphatic rings. The molecule has 1 aromatic rings. The third-order valence-corrected chi connectivity index (χ3v) is 2.92. The monoisotopic (exact) mass is 356 g/mol. The number of nitrogens with one attached hydrogen (secondary N) is 1. The molecule has 0 aliphatic heterocycles. The first-order valence-corrected chi connectivity index (χ1v) is 6.70. The van der Waals surface area contributed by atoms with Crippen molar-refractivity contribution in [3.05, 3.63) is 29.8 Å². The van der Waals surface area contributed by atoms with Gasteiger partial charge in [-0.3, -0.25) is 4.79 Å². The van der Waals surface area contributed by atoms with Crippen LogP contribution in [0.3, 0.4) is 0 Å². The molecule has 2 unspecified atom stereocenters. The van der Waals surface area contributed by atoms with Gasteiger partial charge in [-0.2, -0.15) is 0 Å². The summed E-state index contributed by atoms with van der Waals surface area (Å²) in [7, 11) is 0. The fourth-order valence-electron chi connectivity index (χ4n) is 1.77. The number of aliphatic hydroxyl groups excluding tert-OH is 1. The normalized spacial score (nSPS) is 13.7. The van der Waals surface area contributed by atoms with Crippen LogP contribution in [0.15, 0.2) is 24.3 Å². The number of amides is 1. The number of nitrogens with two attached hydrogens (primary N) is 1. The SMILES string of the molecule is CC(N)C(=O)NCC(CO)Cc1ccc(OC(F)(F)F)cc1.Cl. The minimum Gasteiger partial charge on any atom is -0.406 e. The van der Waals surface area contributed by atoms with Crippen molar-refractivity contribution in [2.45, 2.75) is 25.7 Å². The van der Waals surface area contributed by atoms with Crippen molar-refractivity contribution in [3.63, 3.8) is 0 Å². The van der Waals surface area contributed by atoms with Crippen molar-refractivity contribution in [1.82, 2.24) is 5.32 Å². The summed E-state index contributed by atoms with van der Waals surface area (Å²) in [6, 6.07) is 4.74. The van der Waals surface area contributed by atoms with Gasteiger partial charge >= 0.3 is 6.36 Å². The predicted octanol–water partition coefficient (Wildman–Crippen LogP) is 1.62. The molecule has 4 N–H and O–H groups in total. The number of hydrogen-bond acceptors (Lipinski definition) is 4. The van der Waals surface area contributed by atoms with E-state index in [2.05, 4.69) is 10.1 Å². The van der Waals surface area contributed by atoms with Crippen LogP contribution in [0.25, 0.3) is 0 Å². The summed E-state index contributed by atoms with van der Waals surface area (Å²) in [6.07, 6.45) is -4.32. The molecule has 0 bridgehead atoms. The number of halogens is 4. The number of carbonyl (C=O) groups is 1. The molecule has 5 nitrogen and oxygen atoms in total. The van der Waals surface area contributed by atoms with Gasteiger partial charge in [0.2, 0.25) is 5.91 Å². The van der Waals surface area contributed by atoms with Crippen molar-refractivity contribution in [2.24, 2.45) is 11.7 Å². The van der Waals surface area contributed by atoms with Crippen molar-refractivity contribution in [1.29, 1.82) is 0 Å². The lowest BCUT2D eigenvalue weighted by Crippen LogP contribution is -2.41. The van der Waals surface area contributed by atoms with E-state index in [1.54, 1.807) is 6.92 Å². The van der Waals surface area contributed by atoms with E-state index in [1.165, 1.54) is 24.3 Å². The molecule has 0 aliphatic carbocycles. The Balaban J connectivity index is 0.00000484. The summed E-state index contributed by atoms with van der Waals surface area (Å²) < 4.78 is 39.9. The zero-order chi connectivity index (χ0) is 16.8. The van der Waals surface area contributed by atoms with Crippen LogP contribution in [0.1, 0.15) is 12.5 Å². The Labute approximate surface area is 138 Å². The third kappa shape index (κ3) is 8.63. The molecule has 132 valence electrons. The fraction of sp³-hybridized carbons (Fsp3) is 0.500. The minimum atomic E-state index is -4.72. The van der Waals surface area contributed by atoms with Crippen molar-refractivity contribution in [2.75, 3.05) is 13.2 Å². The molecule has 9 heteroatoms. The molecule has 0 spiro atoms. The molecule has 1 rings (SSSR count). The Morgan fingerprint density at radius 2 is 1.91 bits per heavy atom. The number of alkyl halides is 3. The topological polar surface area (TPSA) is 84.6 Å². The van der Waals surface area contributed by atoms with Crippen LogP contribution in [-0.2, 0) is 11.2 Å². The van der Waals surface area contributed by atoms with Crippen LogP contribution in [0.5, 0.6) is 5.75 Å². The maximum absolute atomic E-state index is 12.0. The first-order valence-electron chi connectivity index (χ1n) is 6.70. The summed E-state index contributed by atoms with van der Waals surface area (Å²) in [5, 5.41) is 11.9. The first kappa shape index (κ1) is 21.5. The van der Waals surface area contributed by atoms with E-state index in [4.69, 9.17) is 5.73 Å². The molecule has 1 amide bonds. The molecular formula is C14H20ClF3N2O3. The Bertz CT molecular complexity index is 481. The van der Waals surface area contributed by atoms with Crippen LogP contribution < -0.4 is 15.8 Å². The molecule has 0 heterocycles. The summed E-state index contributed by atoms with van der Waals surface area (Å²) in [5.74, 6) is -0.883. The van der Waals surface area contributed by atoms with Crippen LogP contribution in [0.4, 0.5) is 13.2 Å². The lowest BCUT2D eigenvalue weighted by atomic mass is 10.00. The quantitative estimate of drug-likeness (QED) is 0.693. The summed E-state index contributed by atoms with van der Waals surface area (Å²) in [6.45, 7) is 1.61. The number of benzene rings is 1. The van der Waals surface area contributed by atoms with E-state index < -0.39 is 12.4 Å². The van der Waals surface area contributed by atoms with Gasteiger partial charge in [0.15, 0.2) is 0 Å². The lowest BCUT2D eigenvalue weighted by molar-refractivity contribution is -0.274. The smallest absolute Gasteiger partial charge is 0.406 e. The van der Waals surface area contributed by atoms with Crippen molar-refractivity contribution >= 4 is 18.3 Å². The number of hydrogen-bond donors (Lipinski definition) is 3. The number of rotatable bonds is 7. The Kier molecular flexibility index (Phi) is 8.96. The van der Waals surface area contributed by atoms with E-state index in [1.807, 2.05) is 0 Å². The molecule has 0 saturated heterocycles.